The van der Waals surface area contributed by atoms with E-state index in [2.05, 4.69) is 22.6 Å². The maximum atomic E-state index is 11.0. The highest BCUT2D eigenvalue weighted by Crippen LogP contribution is 2.19. The second kappa shape index (κ2) is 5.17. The van der Waals surface area contributed by atoms with Gasteiger partial charge in [0, 0.05) is 9.99 Å². The SMILES string of the molecule is O=C(CCl)Cc1ccc(Cl)c(I)c1. The van der Waals surface area contributed by atoms with Crippen LogP contribution in [0.1, 0.15) is 5.56 Å². The van der Waals surface area contributed by atoms with E-state index in [1.54, 1.807) is 6.07 Å². The number of alkyl halides is 1. The largest absolute Gasteiger partial charge is 0.298 e. The second-order valence-corrected chi connectivity index (χ2v) is 4.43. The lowest BCUT2D eigenvalue weighted by molar-refractivity contribution is -0.116. The zero-order chi connectivity index (χ0) is 9.84. The van der Waals surface area contributed by atoms with Gasteiger partial charge in [0.05, 0.1) is 10.9 Å². The van der Waals surface area contributed by atoms with Crippen molar-refractivity contribution in [3.05, 3.63) is 32.4 Å². The molecule has 0 fully saturated rings. The lowest BCUT2D eigenvalue weighted by Crippen LogP contribution is -2.03. The van der Waals surface area contributed by atoms with Gasteiger partial charge >= 0.3 is 0 Å². The van der Waals surface area contributed by atoms with E-state index in [4.69, 9.17) is 23.2 Å². The molecule has 0 heterocycles. The van der Waals surface area contributed by atoms with Gasteiger partial charge in [0.15, 0.2) is 5.78 Å². The molecule has 4 heteroatoms. The third-order valence-electron chi connectivity index (χ3n) is 1.53. The highest BCUT2D eigenvalue weighted by molar-refractivity contribution is 14.1. The Balaban J connectivity index is 2.79. The lowest BCUT2D eigenvalue weighted by atomic mass is 10.1. The van der Waals surface area contributed by atoms with Crippen molar-refractivity contribution in [1.29, 1.82) is 0 Å². The molecule has 0 unspecified atom stereocenters. The number of ketones is 1. The Morgan fingerprint density at radius 2 is 2.15 bits per heavy atom. The molecule has 0 bridgehead atoms. The van der Waals surface area contributed by atoms with Crippen molar-refractivity contribution in [2.75, 3.05) is 5.88 Å². The van der Waals surface area contributed by atoms with E-state index in [1.165, 1.54) is 0 Å². The van der Waals surface area contributed by atoms with Crippen LogP contribution in [0.15, 0.2) is 18.2 Å². The summed E-state index contributed by atoms with van der Waals surface area (Å²) < 4.78 is 0.958. The van der Waals surface area contributed by atoms with Gasteiger partial charge in [-0.25, -0.2) is 0 Å². The summed E-state index contributed by atoms with van der Waals surface area (Å²) in [6, 6.07) is 5.53. The summed E-state index contributed by atoms with van der Waals surface area (Å²) >= 11 is 13.4. The standard InChI is InChI=1S/C9H7Cl2IO/c10-5-7(13)3-6-1-2-8(11)9(12)4-6/h1-2,4H,3,5H2. The average Bonchev–Trinajstić information content (AvgIpc) is 2.11. The fraction of sp³-hybridized carbons (Fsp3) is 0.222. The van der Waals surface area contributed by atoms with E-state index >= 15 is 0 Å². The Morgan fingerprint density at radius 3 is 2.69 bits per heavy atom. The quantitative estimate of drug-likeness (QED) is 0.614. The van der Waals surface area contributed by atoms with E-state index in [1.807, 2.05) is 12.1 Å². The second-order valence-electron chi connectivity index (χ2n) is 2.60. The molecule has 0 atom stereocenters. The molecule has 0 saturated heterocycles. The molecule has 1 aromatic rings. The highest BCUT2D eigenvalue weighted by atomic mass is 127. The molecule has 13 heavy (non-hydrogen) atoms. The van der Waals surface area contributed by atoms with Gasteiger partial charge in [0.1, 0.15) is 0 Å². The maximum Gasteiger partial charge on any atom is 0.151 e. The zero-order valence-corrected chi connectivity index (χ0v) is 10.4. The predicted molar refractivity (Wildman–Crippen MR) is 63.6 cm³/mol. The van der Waals surface area contributed by atoms with Crippen molar-refractivity contribution in [3.63, 3.8) is 0 Å². The van der Waals surface area contributed by atoms with Crippen molar-refractivity contribution in [2.45, 2.75) is 6.42 Å². The van der Waals surface area contributed by atoms with Gasteiger partial charge in [-0.3, -0.25) is 4.79 Å². The van der Waals surface area contributed by atoms with E-state index in [9.17, 15) is 4.79 Å². The Morgan fingerprint density at radius 1 is 1.46 bits per heavy atom. The summed E-state index contributed by atoms with van der Waals surface area (Å²) in [6.07, 6.45) is 0.386. The molecular weight excluding hydrogens is 322 g/mol. The van der Waals surface area contributed by atoms with Crippen LogP contribution in [0.5, 0.6) is 0 Å². The fourth-order valence-corrected chi connectivity index (χ4v) is 1.72. The van der Waals surface area contributed by atoms with Crippen molar-refractivity contribution in [1.82, 2.24) is 0 Å². The summed E-state index contributed by atoms with van der Waals surface area (Å²) in [5, 5.41) is 0.711. The van der Waals surface area contributed by atoms with Crippen LogP contribution >= 0.6 is 45.8 Å². The molecule has 0 aromatic heterocycles. The monoisotopic (exact) mass is 328 g/mol. The van der Waals surface area contributed by atoms with Gasteiger partial charge in [-0.05, 0) is 40.3 Å². The predicted octanol–water partition coefficient (Wildman–Crippen LogP) is 3.30. The summed E-state index contributed by atoms with van der Waals surface area (Å²) in [5.74, 6) is 0.0962. The van der Waals surface area contributed by atoms with Gasteiger partial charge < -0.3 is 0 Å². The summed E-state index contributed by atoms with van der Waals surface area (Å²) in [5.41, 5.74) is 0.958. The molecule has 0 aliphatic carbocycles. The molecule has 0 spiro atoms. The van der Waals surface area contributed by atoms with E-state index < -0.39 is 0 Å². The van der Waals surface area contributed by atoms with Crippen LogP contribution in [-0.2, 0) is 11.2 Å². The van der Waals surface area contributed by atoms with Crippen molar-refractivity contribution in [3.8, 4) is 0 Å². The van der Waals surface area contributed by atoms with Gasteiger partial charge in [-0.2, -0.15) is 0 Å². The first-order valence-corrected chi connectivity index (χ1v) is 5.64. The molecule has 0 saturated carbocycles. The lowest BCUT2D eigenvalue weighted by Gasteiger charge is -2.00. The minimum atomic E-state index is 0.0276. The fourth-order valence-electron chi connectivity index (χ4n) is 0.925. The average molecular weight is 329 g/mol. The molecule has 0 N–H and O–H groups in total. The molecule has 1 aromatic carbocycles. The third kappa shape index (κ3) is 3.44. The molecule has 0 aliphatic rings. The summed E-state index contributed by atoms with van der Waals surface area (Å²) in [4.78, 5) is 11.0. The number of carbonyl (C=O) groups excluding carboxylic acids is 1. The van der Waals surface area contributed by atoms with Gasteiger partial charge in [-0.1, -0.05) is 17.7 Å². The van der Waals surface area contributed by atoms with Gasteiger partial charge in [0.25, 0.3) is 0 Å². The number of rotatable bonds is 3. The number of halogens is 3. The minimum Gasteiger partial charge on any atom is -0.298 e. The number of hydrogen-bond acceptors (Lipinski definition) is 1. The first-order chi connectivity index (χ1) is 6.13. The number of Topliss-reactive ketones (excluding diaryl/α,β-unsaturated/α-hetero) is 1. The Kier molecular flexibility index (Phi) is 4.49. The normalized spacial score (nSPS) is 10.1. The molecule has 1 rings (SSSR count). The van der Waals surface area contributed by atoms with E-state index in [0.29, 0.717) is 11.4 Å². The van der Waals surface area contributed by atoms with Gasteiger partial charge in [-0.15, -0.1) is 11.6 Å². The van der Waals surface area contributed by atoms with Gasteiger partial charge in [0.2, 0.25) is 0 Å². The zero-order valence-electron chi connectivity index (χ0n) is 6.69. The number of hydrogen-bond donors (Lipinski definition) is 0. The van der Waals surface area contributed by atoms with E-state index in [0.717, 1.165) is 9.13 Å². The Hall–Kier alpha value is 0.200. The van der Waals surface area contributed by atoms with Crippen molar-refractivity contribution >= 4 is 51.6 Å². The minimum absolute atomic E-state index is 0.0276. The molecule has 0 radical (unpaired) electrons. The van der Waals surface area contributed by atoms with Crippen LogP contribution < -0.4 is 0 Å². The van der Waals surface area contributed by atoms with Crippen LogP contribution in [0.25, 0.3) is 0 Å². The Bertz CT molecular complexity index is 325. The first kappa shape index (κ1) is 11.3. The van der Waals surface area contributed by atoms with E-state index in [-0.39, 0.29) is 11.7 Å². The van der Waals surface area contributed by atoms with Crippen LogP contribution in [0.2, 0.25) is 5.02 Å². The molecule has 1 nitrogen and oxygen atoms in total. The number of carbonyl (C=O) groups is 1. The smallest absolute Gasteiger partial charge is 0.151 e. The van der Waals surface area contributed by atoms with Crippen LogP contribution in [-0.4, -0.2) is 11.7 Å². The Labute approximate surface area is 101 Å². The maximum absolute atomic E-state index is 11.0. The molecule has 0 amide bonds. The molecular formula is C9H7Cl2IO. The van der Waals surface area contributed by atoms with Crippen LogP contribution in [0.3, 0.4) is 0 Å². The van der Waals surface area contributed by atoms with Crippen molar-refractivity contribution < 1.29 is 4.79 Å². The highest BCUT2D eigenvalue weighted by Gasteiger charge is 2.03. The molecule has 0 aliphatic heterocycles. The van der Waals surface area contributed by atoms with Crippen LogP contribution in [0.4, 0.5) is 0 Å². The third-order valence-corrected chi connectivity index (χ3v) is 3.37. The van der Waals surface area contributed by atoms with Crippen LogP contribution in [0, 0.1) is 3.57 Å². The van der Waals surface area contributed by atoms with Crippen molar-refractivity contribution in [2.24, 2.45) is 0 Å². The summed E-state index contributed by atoms with van der Waals surface area (Å²) in [6.45, 7) is 0. The molecule has 70 valence electrons. The topological polar surface area (TPSA) is 17.1 Å². The number of benzene rings is 1. The summed E-state index contributed by atoms with van der Waals surface area (Å²) in [7, 11) is 0. The first-order valence-electron chi connectivity index (χ1n) is 3.65.